The van der Waals surface area contributed by atoms with E-state index in [2.05, 4.69) is 0 Å². The van der Waals surface area contributed by atoms with E-state index in [-0.39, 0.29) is 18.2 Å². The van der Waals surface area contributed by atoms with Crippen LogP contribution in [-0.4, -0.2) is 27.6 Å². The van der Waals surface area contributed by atoms with E-state index >= 15 is 0 Å². The number of anilines is 2. The molecule has 0 N–H and O–H groups in total. The van der Waals surface area contributed by atoms with Gasteiger partial charge in [-0.1, -0.05) is 89.8 Å². The molecule has 4 nitrogen and oxygen atoms in total. The molecule has 3 aromatic carbocycles. The lowest BCUT2D eigenvalue weighted by Gasteiger charge is -2.31. The van der Waals surface area contributed by atoms with Crippen LogP contribution in [0, 0.1) is 0 Å². The molecule has 0 spiro atoms. The average molecular weight is 523 g/mol. The summed E-state index contributed by atoms with van der Waals surface area (Å²) in [5, 5.41) is 0.583. The zero-order valence-electron chi connectivity index (χ0n) is 17.9. The van der Waals surface area contributed by atoms with Gasteiger partial charge in [-0.2, -0.15) is 0 Å². The van der Waals surface area contributed by atoms with Crippen molar-refractivity contribution < 1.29 is 9.59 Å². The van der Waals surface area contributed by atoms with Crippen LogP contribution in [0.15, 0.2) is 87.5 Å². The van der Waals surface area contributed by atoms with Crippen LogP contribution in [0.1, 0.15) is 18.4 Å². The Morgan fingerprint density at radius 3 is 2.50 bits per heavy atom. The minimum Gasteiger partial charge on any atom is -0.293 e. The van der Waals surface area contributed by atoms with Crippen LogP contribution in [0.2, 0.25) is 5.02 Å². The summed E-state index contributed by atoms with van der Waals surface area (Å²) in [6, 6.07) is 23.1. The van der Waals surface area contributed by atoms with Gasteiger partial charge in [0.15, 0.2) is 0 Å². The first-order valence-corrected chi connectivity index (χ1v) is 13.1. The molecule has 0 aliphatic carbocycles. The molecule has 1 saturated heterocycles. The van der Waals surface area contributed by atoms with E-state index < -0.39 is 0 Å². The van der Waals surface area contributed by atoms with Crippen LogP contribution in [0.3, 0.4) is 0 Å². The molecule has 170 valence electrons. The number of nitrogens with zero attached hydrogens (tertiary/aromatic N) is 2. The minimum atomic E-state index is -0.108. The fourth-order valence-electron chi connectivity index (χ4n) is 3.89. The van der Waals surface area contributed by atoms with Gasteiger partial charge in [-0.15, -0.1) is 0 Å². The maximum atomic E-state index is 13.4. The highest BCUT2D eigenvalue weighted by Gasteiger charge is 2.32. The van der Waals surface area contributed by atoms with E-state index in [0.717, 1.165) is 26.7 Å². The van der Waals surface area contributed by atoms with Gasteiger partial charge < -0.3 is 0 Å². The molecule has 2 aliphatic heterocycles. The Morgan fingerprint density at radius 1 is 0.941 bits per heavy atom. The van der Waals surface area contributed by atoms with Gasteiger partial charge in [0, 0.05) is 27.8 Å². The maximum Gasteiger partial charge on any atom is 0.266 e. The second-order valence-electron chi connectivity index (χ2n) is 7.76. The maximum absolute atomic E-state index is 13.4. The number of thiocarbonyl (C=S) groups is 1. The van der Waals surface area contributed by atoms with Crippen LogP contribution in [-0.2, 0) is 9.59 Å². The summed E-state index contributed by atoms with van der Waals surface area (Å²) in [5.74, 6) is -0.148. The van der Waals surface area contributed by atoms with Crippen molar-refractivity contribution in [2.45, 2.75) is 22.6 Å². The second kappa shape index (κ2) is 9.96. The monoisotopic (exact) mass is 522 g/mol. The Balaban J connectivity index is 1.29. The van der Waals surface area contributed by atoms with Crippen molar-refractivity contribution in [2.75, 3.05) is 11.4 Å². The molecule has 34 heavy (non-hydrogen) atoms. The molecule has 0 radical (unpaired) electrons. The summed E-state index contributed by atoms with van der Waals surface area (Å²) in [6.07, 6.45) is 2.64. The molecular weight excluding hydrogens is 504 g/mol. The number of hydrogen-bond acceptors (Lipinski definition) is 5. The summed E-state index contributed by atoms with van der Waals surface area (Å²) < 4.78 is 0.525. The lowest BCUT2D eigenvalue weighted by Crippen LogP contribution is -2.32. The Kier molecular flexibility index (Phi) is 6.79. The first-order valence-electron chi connectivity index (χ1n) is 10.7. The number of carbonyl (C=O) groups is 2. The summed E-state index contributed by atoms with van der Waals surface area (Å²) in [5.41, 5.74) is 2.60. The van der Waals surface area contributed by atoms with Crippen molar-refractivity contribution in [3.05, 3.63) is 88.3 Å². The van der Waals surface area contributed by atoms with Gasteiger partial charge in [0.1, 0.15) is 4.32 Å². The highest BCUT2D eigenvalue weighted by molar-refractivity contribution is 8.26. The lowest BCUT2D eigenvalue weighted by molar-refractivity contribution is -0.123. The molecule has 0 bridgehead atoms. The molecule has 8 heteroatoms. The summed E-state index contributed by atoms with van der Waals surface area (Å²) in [4.78, 5) is 32.2. The number of amides is 2. The molecule has 2 aliphatic rings. The Bertz CT molecular complexity index is 1330. The van der Waals surface area contributed by atoms with Crippen molar-refractivity contribution in [1.29, 1.82) is 0 Å². The predicted molar refractivity (Wildman–Crippen MR) is 145 cm³/mol. The van der Waals surface area contributed by atoms with Crippen molar-refractivity contribution >= 4 is 80.9 Å². The Hall–Kier alpha value is -2.58. The number of hydrogen-bond donors (Lipinski definition) is 0. The zero-order valence-corrected chi connectivity index (χ0v) is 21.1. The highest BCUT2D eigenvalue weighted by atomic mass is 35.5. The fraction of sp³-hybridized carbons (Fsp3) is 0.115. The molecule has 0 atom stereocenters. The van der Waals surface area contributed by atoms with Crippen molar-refractivity contribution in [3.8, 4) is 0 Å². The van der Waals surface area contributed by atoms with E-state index in [4.69, 9.17) is 23.8 Å². The van der Waals surface area contributed by atoms with Crippen LogP contribution in [0.25, 0.3) is 6.08 Å². The van der Waals surface area contributed by atoms with E-state index in [1.165, 1.54) is 11.8 Å². The highest BCUT2D eigenvalue weighted by Crippen LogP contribution is 2.49. The standard InChI is InChI=1S/C26H19ClN2O2S3/c27-18-12-13-22-20(16-18)29(19-9-4-5-10-21(19)33-22)24(30)11-6-14-28-25(31)23(34-26(28)32)15-17-7-2-1-3-8-17/h1-5,7-10,12-13,15-16H,6,11,14H2. The SMILES string of the molecule is O=C1C(=Cc2ccccc2)SC(=S)N1CCCC(=O)N1c2ccccc2Sc2ccc(Cl)cc21. The number of thioether (sulfide) groups is 1. The smallest absolute Gasteiger partial charge is 0.266 e. The van der Waals surface area contributed by atoms with Gasteiger partial charge >= 0.3 is 0 Å². The second-order valence-corrected chi connectivity index (χ2v) is 11.0. The van der Waals surface area contributed by atoms with E-state index in [1.807, 2.05) is 78.9 Å². The Labute approximate surface area is 217 Å². The van der Waals surface area contributed by atoms with Crippen LogP contribution in [0.5, 0.6) is 0 Å². The summed E-state index contributed by atoms with van der Waals surface area (Å²) >= 11 is 14.6. The van der Waals surface area contributed by atoms with Crippen LogP contribution in [0.4, 0.5) is 11.4 Å². The number of carbonyl (C=O) groups excluding carboxylic acids is 2. The van der Waals surface area contributed by atoms with E-state index in [0.29, 0.717) is 27.2 Å². The Morgan fingerprint density at radius 2 is 1.68 bits per heavy atom. The number of halogens is 1. The van der Waals surface area contributed by atoms with Gasteiger partial charge in [0.25, 0.3) is 5.91 Å². The lowest BCUT2D eigenvalue weighted by atomic mass is 10.1. The molecule has 0 saturated carbocycles. The minimum absolute atomic E-state index is 0.0402. The van der Waals surface area contributed by atoms with Crippen LogP contribution < -0.4 is 4.90 Å². The van der Waals surface area contributed by atoms with Crippen molar-refractivity contribution in [1.82, 2.24) is 4.90 Å². The van der Waals surface area contributed by atoms with Gasteiger partial charge in [0.2, 0.25) is 5.91 Å². The van der Waals surface area contributed by atoms with E-state index in [1.54, 1.807) is 21.6 Å². The first-order chi connectivity index (χ1) is 16.5. The number of para-hydroxylation sites is 1. The molecule has 0 unspecified atom stereocenters. The summed E-state index contributed by atoms with van der Waals surface area (Å²) in [7, 11) is 0. The van der Waals surface area contributed by atoms with Crippen molar-refractivity contribution in [3.63, 3.8) is 0 Å². The third kappa shape index (κ3) is 4.66. The van der Waals surface area contributed by atoms with Gasteiger partial charge in [-0.25, -0.2) is 0 Å². The van der Waals surface area contributed by atoms with Gasteiger partial charge in [-0.3, -0.25) is 19.4 Å². The molecule has 2 amide bonds. The normalized spacial score (nSPS) is 16.1. The molecule has 0 aromatic heterocycles. The molecule has 1 fully saturated rings. The molecular formula is C26H19ClN2O2S3. The fourth-order valence-corrected chi connectivity index (χ4v) is 6.40. The molecule has 5 rings (SSSR count). The van der Waals surface area contributed by atoms with Gasteiger partial charge in [-0.05, 0) is 48.4 Å². The average Bonchev–Trinajstić information content (AvgIpc) is 3.10. The van der Waals surface area contributed by atoms with Crippen LogP contribution >= 0.6 is 47.3 Å². The number of fused-ring (bicyclic) bond motifs is 2. The largest absolute Gasteiger partial charge is 0.293 e. The molecule has 2 heterocycles. The quantitative estimate of drug-likeness (QED) is 0.263. The molecule has 3 aromatic rings. The topological polar surface area (TPSA) is 40.6 Å². The van der Waals surface area contributed by atoms with E-state index in [9.17, 15) is 9.59 Å². The number of rotatable bonds is 5. The van der Waals surface area contributed by atoms with Gasteiger partial charge in [0.05, 0.1) is 16.3 Å². The zero-order chi connectivity index (χ0) is 23.7. The number of benzene rings is 3. The summed E-state index contributed by atoms with van der Waals surface area (Å²) in [6.45, 7) is 0.398. The predicted octanol–water partition coefficient (Wildman–Crippen LogP) is 7.15. The third-order valence-electron chi connectivity index (χ3n) is 5.48. The van der Waals surface area contributed by atoms with Crippen molar-refractivity contribution in [2.24, 2.45) is 0 Å². The third-order valence-corrected chi connectivity index (χ3v) is 8.22. The first kappa shape index (κ1) is 23.2.